The van der Waals surface area contributed by atoms with E-state index in [1.54, 1.807) is 0 Å². The summed E-state index contributed by atoms with van der Waals surface area (Å²) in [4.78, 5) is 0. The summed E-state index contributed by atoms with van der Waals surface area (Å²) >= 11 is 2.37. The van der Waals surface area contributed by atoms with Crippen LogP contribution < -0.4 is 5.73 Å². The first-order chi connectivity index (χ1) is 5.70. The molecule has 1 nitrogen and oxygen atoms in total. The molecule has 0 fully saturated rings. The average molecular weight is 275 g/mol. The normalized spacial score (nSPS) is 12.9. The highest BCUT2D eigenvalue weighted by molar-refractivity contribution is 14.1. The van der Waals surface area contributed by atoms with Gasteiger partial charge in [0.15, 0.2) is 0 Å². The fourth-order valence-electron chi connectivity index (χ4n) is 1.08. The van der Waals surface area contributed by atoms with Gasteiger partial charge in [0.25, 0.3) is 0 Å². The van der Waals surface area contributed by atoms with Crippen LogP contribution in [0.25, 0.3) is 0 Å². The minimum atomic E-state index is 0.306. The van der Waals surface area contributed by atoms with Crippen LogP contribution in [-0.2, 0) is 6.42 Å². The zero-order chi connectivity index (χ0) is 8.97. The molecule has 1 rings (SSSR count). The summed E-state index contributed by atoms with van der Waals surface area (Å²) in [5, 5.41) is 0. The van der Waals surface area contributed by atoms with E-state index in [2.05, 4.69) is 53.8 Å². The van der Waals surface area contributed by atoms with Crippen LogP contribution in [0.15, 0.2) is 24.3 Å². The number of hydrogen-bond acceptors (Lipinski definition) is 1. The molecular weight excluding hydrogens is 261 g/mol. The number of aryl methyl sites for hydroxylation is 1. The second-order valence-electron chi connectivity index (χ2n) is 3.11. The van der Waals surface area contributed by atoms with Crippen LogP contribution in [0.4, 0.5) is 0 Å². The van der Waals surface area contributed by atoms with Crippen molar-refractivity contribution in [3.05, 3.63) is 33.4 Å². The monoisotopic (exact) mass is 275 g/mol. The lowest BCUT2D eigenvalue weighted by molar-refractivity contribution is 0.665. The third-order valence-electron chi connectivity index (χ3n) is 1.83. The van der Waals surface area contributed by atoms with Gasteiger partial charge in [-0.15, -0.1) is 0 Å². The first-order valence-electron chi connectivity index (χ1n) is 4.19. The third-order valence-corrected chi connectivity index (χ3v) is 2.88. The molecule has 1 aromatic carbocycles. The predicted molar refractivity (Wildman–Crippen MR) is 61.1 cm³/mol. The summed E-state index contributed by atoms with van der Waals surface area (Å²) in [6, 6.07) is 8.76. The van der Waals surface area contributed by atoms with Crippen molar-refractivity contribution in [2.45, 2.75) is 25.8 Å². The summed E-state index contributed by atoms with van der Waals surface area (Å²) in [5.41, 5.74) is 7.10. The largest absolute Gasteiger partial charge is 0.328 e. The molecule has 1 aromatic rings. The fraction of sp³-hybridized carbons (Fsp3) is 0.400. The van der Waals surface area contributed by atoms with E-state index in [-0.39, 0.29) is 0 Å². The van der Waals surface area contributed by atoms with E-state index in [4.69, 9.17) is 5.73 Å². The molecule has 66 valence electrons. The van der Waals surface area contributed by atoms with E-state index < -0.39 is 0 Å². The zero-order valence-corrected chi connectivity index (χ0v) is 9.41. The van der Waals surface area contributed by atoms with Crippen LogP contribution in [-0.4, -0.2) is 6.04 Å². The lowest BCUT2D eigenvalue weighted by atomic mass is 10.1. The molecule has 0 aliphatic carbocycles. The maximum Gasteiger partial charge on any atom is 0.0162 e. The highest BCUT2D eigenvalue weighted by Crippen LogP contribution is 2.13. The Labute approximate surface area is 87.5 Å². The van der Waals surface area contributed by atoms with E-state index in [9.17, 15) is 0 Å². The van der Waals surface area contributed by atoms with Crippen molar-refractivity contribution in [1.29, 1.82) is 0 Å². The number of halogens is 1. The first-order valence-corrected chi connectivity index (χ1v) is 5.27. The SMILES string of the molecule is CC(N)CCc1ccccc1I. The summed E-state index contributed by atoms with van der Waals surface area (Å²) < 4.78 is 1.34. The van der Waals surface area contributed by atoms with Crippen LogP contribution in [0.2, 0.25) is 0 Å². The molecule has 0 heterocycles. The van der Waals surface area contributed by atoms with Crippen molar-refractivity contribution in [2.75, 3.05) is 0 Å². The van der Waals surface area contributed by atoms with Gasteiger partial charge in [-0.1, -0.05) is 18.2 Å². The Bertz CT molecular complexity index is 245. The molecule has 1 unspecified atom stereocenters. The molecule has 0 aliphatic rings. The van der Waals surface area contributed by atoms with Crippen LogP contribution >= 0.6 is 22.6 Å². The maximum atomic E-state index is 5.69. The van der Waals surface area contributed by atoms with Crippen molar-refractivity contribution < 1.29 is 0 Å². The molecule has 0 amide bonds. The number of hydrogen-bond donors (Lipinski definition) is 1. The van der Waals surface area contributed by atoms with Crippen molar-refractivity contribution in [3.63, 3.8) is 0 Å². The summed E-state index contributed by atoms with van der Waals surface area (Å²) in [6.07, 6.45) is 2.16. The van der Waals surface area contributed by atoms with E-state index in [1.807, 2.05) is 0 Å². The molecule has 0 bridgehead atoms. The van der Waals surface area contributed by atoms with Gasteiger partial charge in [0.1, 0.15) is 0 Å². The Morgan fingerprint density at radius 2 is 2.08 bits per heavy atom. The topological polar surface area (TPSA) is 26.0 Å². The Morgan fingerprint density at radius 1 is 1.42 bits per heavy atom. The molecular formula is C10H14IN. The van der Waals surface area contributed by atoms with E-state index in [0.29, 0.717) is 6.04 Å². The lowest BCUT2D eigenvalue weighted by Crippen LogP contribution is -2.15. The average Bonchev–Trinajstić information content (AvgIpc) is 2.03. The highest BCUT2D eigenvalue weighted by atomic mass is 127. The predicted octanol–water partition coefficient (Wildman–Crippen LogP) is 2.57. The van der Waals surface area contributed by atoms with Gasteiger partial charge in [0.05, 0.1) is 0 Å². The van der Waals surface area contributed by atoms with E-state index in [1.165, 1.54) is 9.13 Å². The summed E-state index contributed by atoms with van der Waals surface area (Å²) in [7, 11) is 0. The van der Waals surface area contributed by atoms with Gasteiger partial charge in [0.2, 0.25) is 0 Å². The quantitative estimate of drug-likeness (QED) is 0.843. The Hall–Kier alpha value is -0.0900. The Kier molecular flexibility index (Phi) is 4.01. The molecule has 2 heteroatoms. The maximum absolute atomic E-state index is 5.69. The second kappa shape index (κ2) is 4.82. The van der Waals surface area contributed by atoms with E-state index >= 15 is 0 Å². The highest BCUT2D eigenvalue weighted by Gasteiger charge is 1.99. The van der Waals surface area contributed by atoms with Gasteiger partial charge >= 0.3 is 0 Å². The Morgan fingerprint density at radius 3 is 2.67 bits per heavy atom. The number of rotatable bonds is 3. The zero-order valence-electron chi connectivity index (χ0n) is 7.26. The summed E-state index contributed by atoms with van der Waals surface area (Å²) in [6.45, 7) is 2.05. The molecule has 0 radical (unpaired) electrons. The standard InChI is InChI=1S/C10H14IN/c1-8(12)6-7-9-4-2-3-5-10(9)11/h2-5,8H,6-7,12H2,1H3. The van der Waals surface area contributed by atoms with Crippen molar-refractivity contribution in [3.8, 4) is 0 Å². The van der Waals surface area contributed by atoms with Gasteiger partial charge < -0.3 is 5.73 Å². The van der Waals surface area contributed by atoms with Crippen LogP contribution in [0.3, 0.4) is 0 Å². The van der Waals surface area contributed by atoms with Gasteiger partial charge in [-0.2, -0.15) is 0 Å². The van der Waals surface area contributed by atoms with Crippen molar-refractivity contribution >= 4 is 22.6 Å². The van der Waals surface area contributed by atoms with Crippen LogP contribution in [0.1, 0.15) is 18.9 Å². The fourth-order valence-corrected chi connectivity index (χ4v) is 1.74. The van der Waals surface area contributed by atoms with Crippen molar-refractivity contribution in [1.82, 2.24) is 0 Å². The van der Waals surface area contributed by atoms with Gasteiger partial charge in [-0.25, -0.2) is 0 Å². The molecule has 0 saturated carbocycles. The Balaban J connectivity index is 2.57. The second-order valence-corrected chi connectivity index (χ2v) is 4.27. The first kappa shape index (κ1) is 9.99. The number of benzene rings is 1. The molecule has 0 aliphatic heterocycles. The molecule has 1 atom stereocenters. The molecule has 2 N–H and O–H groups in total. The third kappa shape index (κ3) is 3.11. The number of nitrogens with two attached hydrogens (primary N) is 1. The minimum Gasteiger partial charge on any atom is -0.328 e. The molecule has 0 aromatic heterocycles. The van der Waals surface area contributed by atoms with Crippen LogP contribution in [0, 0.1) is 3.57 Å². The molecule has 12 heavy (non-hydrogen) atoms. The summed E-state index contributed by atoms with van der Waals surface area (Å²) in [5.74, 6) is 0. The van der Waals surface area contributed by atoms with E-state index in [0.717, 1.165) is 12.8 Å². The van der Waals surface area contributed by atoms with Gasteiger partial charge in [-0.3, -0.25) is 0 Å². The van der Waals surface area contributed by atoms with Crippen molar-refractivity contribution in [2.24, 2.45) is 5.73 Å². The van der Waals surface area contributed by atoms with Crippen LogP contribution in [0.5, 0.6) is 0 Å². The molecule has 0 saturated heterocycles. The van der Waals surface area contributed by atoms with Gasteiger partial charge in [0, 0.05) is 9.61 Å². The smallest absolute Gasteiger partial charge is 0.0162 e. The lowest BCUT2D eigenvalue weighted by Gasteiger charge is -2.06. The van der Waals surface area contributed by atoms with Gasteiger partial charge in [-0.05, 0) is 54.0 Å². The minimum absolute atomic E-state index is 0.306. The molecule has 0 spiro atoms.